The third-order valence-corrected chi connectivity index (χ3v) is 3.17. The Morgan fingerprint density at radius 1 is 0.833 bits per heavy atom. The minimum atomic E-state index is -0.790. The lowest BCUT2D eigenvalue weighted by Gasteiger charge is -2.24. The van der Waals surface area contributed by atoms with Gasteiger partial charge in [-0.3, -0.25) is 0 Å². The molecule has 2 N–H and O–H groups in total. The van der Waals surface area contributed by atoms with Crippen molar-refractivity contribution in [2.24, 2.45) is 0 Å². The van der Waals surface area contributed by atoms with E-state index in [9.17, 15) is 15.0 Å². The van der Waals surface area contributed by atoms with Crippen LogP contribution >= 0.6 is 0 Å². The molecule has 0 spiro atoms. The Labute approximate surface area is 105 Å². The van der Waals surface area contributed by atoms with Crippen LogP contribution in [0, 0.1) is 0 Å². The molecule has 0 saturated heterocycles. The van der Waals surface area contributed by atoms with Gasteiger partial charge in [0.2, 0.25) is 0 Å². The van der Waals surface area contributed by atoms with Crippen LogP contribution in [0.1, 0.15) is 18.1 Å². The fourth-order valence-electron chi connectivity index (χ4n) is 1.92. The molecule has 0 aromatic heterocycles. The van der Waals surface area contributed by atoms with E-state index in [0.717, 1.165) is 17.4 Å². The van der Waals surface area contributed by atoms with E-state index in [2.05, 4.69) is 0 Å². The first-order valence-electron chi connectivity index (χ1n) is 5.61. The number of carbonyl (C=O) groups is 1. The van der Waals surface area contributed by atoms with Gasteiger partial charge >= 0.3 is 0 Å². The van der Waals surface area contributed by atoms with Gasteiger partial charge in [-0.1, -0.05) is 24.3 Å². The third-order valence-electron chi connectivity index (χ3n) is 3.17. The summed E-state index contributed by atoms with van der Waals surface area (Å²) >= 11 is 0. The van der Waals surface area contributed by atoms with Crippen molar-refractivity contribution in [2.45, 2.75) is 12.3 Å². The van der Waals surface area contributed by atoms with Gasteiger partial charge in [-0.05, 0) is 42.3 Å². The molecule has 2 rings (SSSR count). The summed E-state index contributed by atoms with van der Waals surface area (Å²) in [7, 11) is 0. The maximum atomic E-state index is 11.5. The Bertz CT molecular complexity index is 495. The van der Waals surface area contributed by atoms with E-state index in [1.54, 1.807) is 55.5 Å². The Morgan fingerprint density at radius 2 is 1.17 bits per heavy atom. The highest BCUT2D eigenvalue weighted by Crippen LogP contribution is 2.31. The van der Waals surface area contributed by atoms with Crippen molar-refractivity contribution in [3.63, 3.8) is 0 Å². The normalized spacial score (nSPS) is 11.2. The number of hydrogen-bond acceptors (Lipinski definition) is 3. The SMILES string of the molecule is CC(C=O)(c1ccc(O)cc1)c1ccc(O)cc1. The Hall–Kier alpha value is -2.29. The Morgan fingerprint density at radius 3 is 1.44 bits per heavy atom. The third kappa shape index (κ3) is 2.07. The van der Waals surface area contributed by atoms with Crippen molar-refractivity contribution in [2.75, 3.05) is 0 Å². The van der Waals surface area contributed by atoms with E-state index in [0.29, 0.717) is 0 Å². The molecule has 0 amide bonds. The largest absolute Gasteiger partial charge is 0.508 e. The Balaban J connectivity index is 2.50. The molecule has 92 valence electrons. The molecule has 0 atom stereocenters. The monoisotopic (exact) mass is 242 g/mol. The van der Waals surface area contributed by atoms with E-state index >= 15 is 0 Å². The van der Waals surface area contributed by atoms with Gasteiger partial charge in [-0.25, -0.2) is 0 Å². The number of rotatable bonds is 3. The van der Waals surface area contributed by atoms with Gasteiger partial charge < -0.3 is 15.0 Å². The summed E-state index contributed by atoms with van der Waals surface area (Å²) in [6.07, 6.45) is 0.867. The summed E-state index contributed by atoms with van der Waals surface area (Å²) < 4.78 is 0. The maximum Gasteiger partial charge on any atom is 0.134 e. The predicted molar refractivity (Wildman–Crippen MR) is 68.7 cm³/mol. The molecule has 0 saturated carbocycles. The van der Waals surface area contributed by atoms with Gasteiger partial charge in [0, 0.05) is 0 Å². The molecule has 3 nitrogen and oxygen atoms in total. The minimum absolute atomic E-state index is 0.165. The Kier molecular flexibility index (Phi) is 3.06. The van der Waals surface area contributed by atoms with E-state index in [4.69, 9.17) is 0 Å². The highest BCUT2D eigenvalue weighted by atomic mass is 16.3. The number of carbonyl (C=O) groups excluding carboxylic acids is 1. The lowest BCUT2D eigenvalue weighted by atomic mass is 9.77. The molecule has 3 heteroatoms. The van der Waals surface area contributed by atoms with Gasteiger partial charge in [0.05, 0.1) is 5.41 Å². The molecule has 0 radical (unpaired) electrons. The summed E-state index contributed by atoms with van der Waals surface area (Å²) in [6, 6.07) is 13.1. The van der Waals surface area contributed by atoms with Crippen molar-refractivity contribution >= 4 is 6.29 Å². The first-order chi connectivity index (χ1) is 8.56. The molecule has 18 heavy (non-hydrogen) atoms. The zero-order valence-corrected chi connectivity index (χ0v) is 10.00. The van der Waals surface area contributed by atoms with Gasteiger partial charge in [0.25, 0.3) is 0 Å². The number of phenolic OH excluding ortho intramolecular Hbond substituents is 2. The molecule has 0 aliphatic heterocycles. The highest BCUT2D eigenvalue weighted by Gasteiger charge is 2.28. The quantitative estimate of drug-likeness (QED) is 0.813. The molecule has 0 bridgehead atoms. The van der Waals surface area contributed by atoms with Crippen LogP contribution in [-0.2, 0) is 10.2 Å². The van der Waals surface area contributed by atoms with Crippen LogP contribution in [0.15, 0.2) is 48.5 Å². The average Bonchev–Trinajstić information content (AvgIpc) is 2.39. The second kappa shape index (κ2) is 4.53. The van der Waals surface area contributed by atoms with Gasteiger partial charge in [-0.15, -0.1) is 0 Å². The number of aldehydes is 1. The van der Waals surface area contributed by atoms with Gasteiger partial charge in [0.1, 0.15) is 17.8 Å². The van der Waals surface area contributed by atoms with Crippen molar-refractivity contribution in [1.29, 1.82) is 0 Å². The smallest absolute Gasteiger partial charge is 0.134 e. The van der Waals surface area contributed by atoms with E-state index in [1.165, 1.54) is 0 Å². The van der Waals surface area contributed by atoms with Crippen molar-refractivity contribution < 1.29 is 15.0 Å². The number of hydrogen-bond donors (Lipinski definition) is 2. The van der Waals surface area contributed by atoms with Crippen LogP contribution in [0.5, 0.6) is 11.5 Å². The fourth-order valence-corrected chi connectivity index (χ4v) is 1.92. The van der Waals surface area contributed by atoms with Crippen LogP contribution in [0.25, 0.3) is 0 Å². The van der Waals surface area contributed by atoms with E-state index in [1.807, 2.05) is 0 Å². The van der Waals surface area contributed by atoms with Crippen LogP contribution in [-0.4, -0.2) is 16.5 Å². The van der Waals surface area contributed by atoms with Crippen molar-refractivity contribution in [3.05, 3.63) is 59.7 Å². The summed E-state index contributed by atoms with van der Waals surface area (Å²) in [6.45, 7) is 1.80. The predicted octanol–water partition coefficient (Wildman–Crippen LogP) is 2.60. The molecule has 0 aliphatic rings. The first-order valence-corrected chi connectivity index (χ1v) is 5.61. The molecule has 0 fully saturated rings. The summed E-state index contributed by atoms with van der Waals surface area (Å²) in [5.74, 6) is 0.329. The zero-order valence-electron chi connectivity index (χ0n) is 10.00. The lowest BCUT2D eigenvalue weighted by molar-refractivity contribution is -0.110. The zero-order chi connectivity index (χ0) is 13.2. The van der Waals surface area contributed by atoms with E-state index in [-0.39, 0.29) is 11.5 Å². The molecule has 2 aromatic rings. The molecule has 0 aliphatic carbocycles. The van der Waals surface area contributed by atoms with Crippen LogP contribution in [0.2, 0.25) is 0 Å². The fraction of sp³-hybridized carbons (Fsp3) is 0.133. The molecule has 0 unspecified atom stereocenters. The van der Waals surface area contributed by atoms with Crippen LogP contribution in [0.4, 0.5) is 0 Å². The number of benzene rings is 2. The maximum absolute atomic E-state index is 11.5. The standard InChI is InChI=1S/C15H14O3/c1-15(10-16,11-2-6-13(17)7-3-11)12-4-8-14(18)9-5-12/h2-10,17-18H,1H3. The second-order valence-electron chi connectivity index (χ2n) is 4.41. The first kappa shape index (κ1) is 12.2. The number of aromatic hydroxyl groups is 2. The summed E-state index contributed by atoms with van der Waals surface area (Å²) in [5, 5.41) is 18.6. The topological polar surface area (TPSA) is 57.5 Å². The summed E-state index contributed by atoms with van der Waals surface area (Å²) in [4.78, 5) is 11.5. The van der Waals surface area contributed by atoms with Crippen LogP contribution < -0.4 is 0 Å². The van der Waals surface area contributed by atoms with Crippen molar-refractivity contribution in [3.8, 4) is 11.5 Å². The minimum Gasteiger partial charge on any atom is -0.508 e. The highest BCUT2D eigenvalue weighted by molar-refractivity contribution is 5.74. The van der Waals surface area contributed by atoms with E-state index < -0.39 is 5.41 Å². The molecular formula is C15H14O3. The van der Waals surface area contributed by atoms with Crippen LogP contribution in [0.3, 0.4) is 0 Å². The molecular weight excluding hydrogens is 228 g/mol. The number of phenols is 2. The molecule has 2 aromatic carbocycles. The summed E-state index contributed by atoms with van der Waals surface area (Å²) in [5.41, 5.74) is 0.795. The molecule has 0 heterocycles. The lowest BCUT2D eigenvalue weighted by Crippen LogP contribution is -2.25. The van der Waals surface area contributed by atoms with Crippen molar-refractivity contribution in [1.82, 2.24) is 0 Å². The van der Waals surface area contributed by atoms with Gasteiger partial charge in [0.15, 0.2) is 0 Å². The van der Waals surface area contributed by atoms with Gasteiger partial charge in [-0.2, -0.15) is 0 Å². The average molecular weight is 242 g/mol. The second-order valence-corrected chi connectivity index (χ2v) is 4.41.